The van der Waals surface area contributed by atoms with Crippen LogP contribution in [0.2, 0.25) is 0 Å². The summed E-state index contributed by atoms with van der Waals surface area (Å²) in [6, 6.07) is 13.1. The van der Waals surface area contributed by atoms with Crippen LogP contribution in [0.15, 0.2) is 53.7 Å². The van der Waals surface area contributed by atoms with Crippen molar-refractivity contribution in [2.45, 2.75) is 25.8 Å². The Morgan fingerprint density at radius 2 is 2.10 bits per heavy atom. The van der Waals surface area contributed by atoms with Gasteiger partial charge in [0.05, 0.1) is 6.61 Å². The minimum Gasteiger partial charge on any atom is -0.494 e. The molecule has 0 saturated carbocycles. The molecule has 2 heterocycles. The van der Waals surface area contributed by atoms with Crippen LogP contribution in [0, 0.1) is 5.82 Å². The maximum Gasteiger partial charge on any atom is 0.191 e. The summed E-state index contributed by atoms with van der Waals surface area (Å²) in [4.78, 5) is 10.8. The van der Waals surface area contributed by atoms with Crippen LogP contribution in [0.3, 0.4) is 0 Å². The van der Waals surface area contributed by atoms with Crippen LogP contribution in [0.25, 0.3) is 0 Å². The van der Waals surface area contributed by atoms with Crippen molar-refractivity contribution in [3.8, 4) is 5.75 Å². The Hall–Kier alpha value is -2.10. The number of aromatic nitrogens is 1. The van der Waals surface area contributed by atoms with Gasteiger partial charge in [-0.05, 0) is 37.6 Å². The SMILES string of the molecule is CCNC(=NCCCOc1ccccc1)NC1CCN(c2ncccc2F)C1.I. The van der Waals surface area contributed by atoms with Crippen molar-refractivity contribution in [2.75, 3.05) is 37.7 Å². The first-order valence-electron chi connectivity index (χ1n) is 9.84. The molecular formula is C21H29FIN5O. The zero-order chi connectivity index (χ0) is 19.6. The van der Waals surface area contributed by atoms with Crippen molar-refractivity contribution in [1.29, 1.82) is 0 Å². The Labute approximate surface area is 189 Å². The molecule has 29 heavy (non-hydrogen) atoms. The Morgan fingerprint density at radius 3 is 2.86 bits per heavy atom. The fourth-order valence-electron chi connectivity index (χ4n) is 3.16. The fourth-order valence-corrected chi connectivity index (χ4v) is 3.16. The Balaban J connectivity index is 0.00000300. The molecule has 1 aliphatic heterocycles. The van der Waals surface area contributed by atoms with Gasteiger partial charge in [-0.1, -0.05) is 18.2 Å². The van der Waals surface area contributed by atoms with E-state index in [0.29, 0.717) is 25.5 Å². The van der Waals surface area contributed by atoms with Gasteiger partial charge in [-0.25, -0.2) is 9.37 Å². The largest absolute Gasteiger partial charge is 0.494 e. The molecule has 1 fully saturated rings. The van der Waals surface area contributed by atoms with Crippen LogP contribution in [-0.2, 0) is 0 Å². The predicted molar refractivity (Wildman–Crippen MR) is 126 cm³/mol. The van der Waals surface area contributed by atoms with Crippen molar-refractivity contribution in [3.63, 3.8) is 0 Å². The van der Waals surface area contributed by atoms with Gasteiger partial charge in [0.25, 0.3) is 0 Å². The standard InChI is InChI=1S/C21H28FN5O.HI/c1-2-23-21(25-13-7-15-28-18-8-4-3-5-9-18)26-17-11-14-27(16-17)20-19(22)10-6-12-24-20;/h3-6,8-10,12,17H,2,7,11,13-16H2,1H3,(H2,23,25,26);1H. The number of benzene rings is 1. The van der Waals surface area contributed by atoms with E-state index in [1.807, 2.05) is 42.2 Å². The second-order valence-corrected chi connectivity index (χ2v) is 6.66. The summed E-state index contributed by atoms with van der Waals surface area (Å²) in [7, 11) is 0. The van der Waals surface area contributed by atoms with E-state index in [9.17, 15) is 4.39 Å². The van der Waals surface area contributed by atoms with Crippen molar-refractivity contribution in [1.82, 2.24) is 15.6 Å². The molecule has 0 aliphatic carbocycles. The molecule has 1 unspecified atom stereocenters. The molecule has 3 rings (SSSR count). The topological polar surface area (TPSA) is 61.8 Å². The normalized spacial score (nSPS) is 16.3. The fraction of sp³-hybridized carbons (Fsp3) is 0.429. The highest BCUT2D eigenvalue weighted by atomic mass is 127. The molecule has 1 atom stereocenters. The molecule has 1 aromatic carbocycles. The number of aliphatic imine (C=N–C) groups is 1. The van der Waals surface area contributed by atoms with Gasteiger partial charge >= 0.3 is 0 Å². The van der Waals surface area contributed by atoms with Crippen LogP contribution in [0.1, 0.15) is 19.8 Å². The number of nitrogens with zero attached hydrogens (tertiary/aromatic N) is 3. The van der Waals surface area contributed by atoms with E-state index >= 15 is 0 Å². The number of anilines is 1. The summed E-state index contributed by atoms with van der Waals surface area (Å²) in [5, 5.41) is 6.72. The monoisotopic (exact) mass is 513 g/mol. The summed E-state index contributed by atoms with van der Waals surface area (Å²) in [6.45, 7) is 5.61. The predicted octanol–water partition coefficient (Wildman–Crippen LogP) is 3.44. The number of para-hydroxylation sites is 1. The smallest absolute Gasteiger partial charge is 0.191 e. The first-order chi connectivity index (χ1) is 13.8. The van der Waals surface area contributed by atoms with Crippen LogP contribution in [0.5, 0.6) is 5.75 Å². The Bertz CT molecular complexity index is 762. The van der Waals surface area contributed by atoms with Gasteiger partial charge in [0, 0.05) is 44.8 Å². The number of hydrogen-bond donors (Lipinski definition) is 2. The molecule has 1 aromatic heterocycles. The van der Waals surface area contributed by atoms with Crippen molar-refractivity contribution >= 4 is 35.8 Å². The van der Waals surface area contributed by atoms with E-state index in [2.05, 4.69) is 20.6 Å². The van der Waals surface area contributed by atoms with E-state index in [1.54, 1.807) is 12.3 Å². The number of rotatable bonds is 8. The first-order valence-corrected chi connectivity index (χ1v) is 9.84. The molecule has 0 radical (unpaired) electrons. The lowest BCUT2D eigenvalue weighted by molar-refractivity contribution is 0.313. The van der Waals surface area contributed by atoms with Gasteiger partial charge in [0.15, 0.2) is 17.6 Å². The highest BCUT2D eigenvalue weighted by molar-refractivity contribution is 14.0. The molecule has 6 nitrogen and oxygen atoms in total. The maximum absolute atomic E-state index is 13.9. The third-order valence-corrected chi connectivity index (χ3v) is 4.50. The second-order valence-electron chi connectivity index (χ2n) is 6.66. The van der Waals surface area contributed by atoms with Gasteiger partial charge < -0.3 is 20.3 Å². The first kappa shape index (κ1) is 23.2. The van der Waals surface area contributed by atoms with Gasteiger partial charge in [0.2, 0.25) is 0 Å². The van der Waals surface area contributed by atoms with Gasteiger partial charge in [0.1, 0.15) is 5.75 Å². The third-order valence-electron chi connectivity index (χ3n) is 4.50. The molecule has 0 bridgehead atoms. The van der Waals surface area contributed by atoms with E-state index in [1.165, 1.54) is 6.07 Å². The lowest BCUT2D eigenvalue weighted by atomic mass is 10.3. The molecule has 2 N–H and O–H groups in total. The van der Waals surface area contributed by atoms with Crippen LogP contribution >= 0.6 is 24.0 Å². The van der Waals surface area contributed by atoms with Crippen molar-refractivity contribution < 1.29 is 9.13 Å². The summed E-state index contributed by atoms with van der Waals surface area (Å²) in [5.41, 5.74) is 0. The lowest BCUT2D eigenvalue weighted by Gasteiger charge is -2.20. The quantitative estimate of drug-likeness (QED) is 0.245. The number of guanidine groups is 1. The van der Waals surface area contributed by atoms with Gasteiger partial charge in [-0.3, -0.25) is 4.99 Å². The Kier molecular flexibility index (Phi) is 9.96. The molecule has 1 aliphatic rings. The zero-order valence-corrected chi connectivity index (χ0v) is 19.0. The highest BCUT2D eigenvalue weighted by Crippen LogP contribution is 2.20. The van der Waals surface area contributed by atoms with E-state index in [4.69, 9.17) is 4.74 Å². The van der Waals surface area contributed by atoms with E-state index in [-0.39, 0.29) is 35.8 Å². The maximum atomic E-state index is 13.9. The lowest BCUT2D eigenvalue weighted by Crippen LogP contribution is -2.44. The number of hydrogen-bond acceptors (Lipinski definition) is 4. The molecule has 158 valence electrons. The molecular weight excluding hydrogens is 484 g/mol. The molecule has 0 amide bonds. The summed E-state index contributed by atoms with van der Waals surface area (Å²) in [5.74, 6) is 1.81. The second kappa shape index (κ2) is 12.5. The van der Waals surface area contributed by atoms with Crippen LogP contribution in [-0.4, -0.2) is 49.8 Å². The molecule has 1 saturated heterocycles. The number of ether oxygens (including phenoxy) is 1. The summed E-state index contributed by atoms with van der Waals surface area (Å²) >= 11 is 0. The summed E-state index contributed by atoms with van der Waals surface area (Å²) < 4.78 is 19.6. The number of halogens is 2. The zero-order valence-electron chi connectivity index (χ0n) is 16.7. The minimum absolute atomic E-state index is 0. The third kappa shape index (κ3) is 7.34. The van der Waals surface area contributed by atoms with Crippen LogP contribution in [0.4, 0.5) is 10.2 Å². The minimum atomic E-state index is -0.276. The number of pyridine rings is 1. The molecule has 8 heteroatoms. The van der Waals surface area contributed by atoms with Crippen LogP contribution < -0.4 is 20.3 Å². The van der Waals surface area contributed by atoms with Gasteiger partial charge in [-0.15, -0.1) is 24.0 Å². The average molecular weight is 513 g/mol. The molecule has 2 aromatic rings. The summed E-state index contributed by atoms with van der Waals surface area (Å²) in [6.07, 6.45) is 3.38. The van der Waals surface area contributed by atoms with Crippen molar-refractivity contribution in [2.24, 2.45) is 4.99 Å². The van der Waals surface area contributed by atoms with Gasteiger partial charge in [-0.2, -0.15) is 0 Å². The molecule has 0 spiro atoms. The number of nitrogens with one attached hydrogen (secondary N) is 2. The average Bonchev–Trinajstić information content (AvgIpc) is 3.17. The Morgan fingerprint density at radius 1 is 1.28 bits per heavy atom. The van der Waals surface area contributed by atoms with E-state index < -0.39 is 0 Å². The highest BCUT2D eigenvalue weighted by Gasteiger charge is 2.25. The van der Waals surface area contributed by atoms with Crippen molar-refractivity contribution in [3.05, 3.63) is 54.5 Å². The van der Waals surface area contributed by atoms with E-state index in [0.717, 1.165) is 37.6 Å².